The smallest absolute Gasteiger partial charge is 0.128 e. The van der Waals surface area contributed by atoms with E-state index in [9.17, 15) is 0 Å². The van der Waals surface area contributed by atoms with Crippen molar-refractivity contribution in [3.05, 3.63) is 23.4 Å². The average Bonchev–Trinajstić information content (AvgIpc) is 2.92. The van der Waals surface area contributed by atoms with E-state index in [1.807, 2.05) is 0 Å². The predicted octanol–water partition coefficient (Wildman–Crippen LogP) is 1.74. The molecule has 1 fully saturated rings. The molecule has 2 unspecified atom stereocenters. The maximum atomic E-state index is 5.48. The van der Waals surface area contributed by atoms with Gasteiger partial charge in [0.1, 0.15) is 18.0 Å². The summed E-state index contributed by atoms with van der Waals surface area (Å²) in [6.07, 6.45) is 1.38. The molecule has 2 heterocycles. The average molecular weight is 293 g/mol. The molecule has 21 heavy (non-hydrogen) atoms. The number of hydrogen-bond acceptors (Lipinski definition) is 5. The molecule has 0 spiro atoms. The lowest BCUT2D eigenvalue weighted by Crippen LogP contribution is -2.27. The zero-order valence-corrected chi connectivity index (χ0v) is 13.6. The van der Waals surface area contributed by atoms with E-state index in [0.29, 0.717) is 0 Å². The first kappa shape index (κ1) is 16.2. The first-order valence-corrected chi connectivity index (χ1v) is 7.67. The Balaban J connectivity index is 2.03. The Morgan fingerprint density at radius 1 is 1.24 bits per heavy atom. The van der Waals surface area contributed by atoms with Crippen molar-refractivity contribution in [3.63, 3.8) is 0 Å². The molecule has 0 aliphatic carbocycles. The summed E-state index contributed by atoms with van der Waals surface area (Å²) in [5.74, 6) is 1.01. The minimum Gasteiger partial charge on any atom is -0.377 e. The normalized spacial score (nSPS) is 22.0. The van der Waals surface area contributed by atoms with Crippen LogP contribution in [0.25, 0.3) is 0 Å². The Kier molecular flexibility index (Phi) is 5.96. The molecule has 1 saturated heterocycles. The number of nitrogens with zero attached hydrogens (tertiary/aromatic N) is 2. The highest BCUT2D eigenvalue weighted by Gasteiger charge is 2.33. The highest BCUT2D eigenvalue weighted by molar-refractivity contribution is 5.43. The first-order chi connectivity index (χ1) is 10.2. The van der Waals surface area contributed by atoms with E-state index in [0.717, 1.165) is 44.1 Å². The third-order valence-electron chi connectivity index (χ3n) is 4.07. The van der Waals surface area contributed by atoms with Crippen molar-refractivity contribution in [3.8, 4) is 0 Å². The molecule has 1 aromatic heterocycles. The van der Waals surface area contributed by atoms with Crippen LogP contribution in [0.15, 0.2) is 12.1 Å². The number of pyridine rings is 1. The Bertz CT molecular complexity index is 441. The lowest BCUT2D eigenvalue weighted by atomic mass is 10.2. The Morgan fingerprint density at radius 3 is 2.43 bits per heavy atom. The van der Waals surface area contributed by atoms with Crippen LogP contribution in [0.5, 0.6) is 0 Å². The fourth-order valence-corrected chi connectivity index (χ4v) is 2.72. The summed E-state index contributed by atoms with van der Waals surface area (Å²) in [5, 5.41) is 3.42. The van der Waals surface area contributed by atoms with Gasteiger partial charge in [0.15, 0.2) is 0 Å². The number of hydrogen-bond donors (Lipinski definition) is 1. The molecule has 0 saturated carbocycles. The van der Waals surface area contributed by atoms with Gasteiger partial charge in [0.25, 0.3) is 0 Å². The third kappa shape index (κ3) is 3.93. The van der Waals surface area contributed by atoms with E-state index in [1.54, 1.807) is 14.2 Å². The van der Waals surface area contributed by atoms with Gasteiger partial charge in [-0.05, 0) is 31.5 Å². The maximum Gasteiger partial charge on any atom is 0.128 e. The van der Waals surface area contributed by atoms with E-state index in [2.05, 4.69) is 36.2 Å². The molecule has 1 aliphatic rings. The summed E-state index contributed by atoms with van der Waals surface area (Å²) >= 11 is 0. The Hall–Kier alpha value is -1.17. The molecule has 0 aromatic carbocycles. The monoisotopic (exact) mass is 293 g/mol. The number of methoxy groups -OCH3 is 2. The van der Waals surface area contributed by atoms with Crippen molar-refractivity contribution >= 4 is 5.82 Å². The van der Waals surface area contributed by atoms with Crippen LogP contribution in [0.1, 0.15) is 24.6 Å². The Labute approximate surface area is 127 Å². The summed E-state index contributed by atoms with van der Waals surface area (Å²) in [6.45, 7) is 7.83. The summed E-state index contributed by atoms with van der Waals surface area (Å²) in [5.41, 5.74) is 2.35. The van der Waals surface area contributed by atoms with Crippen molar-refractivity contribution < 1.29 is 9.47 Å². The van der Waals surface area contributed by atoms with E-state index in [4.69, 9.17) is 14.5 Å². The molecular weight excluding hydrogens is 266 g/mol. The number of rotatable bonds is 7. The third-order valence-corrected chi connectivity index (χ3v) is 4.07. The van der Waals surface area contributed by atoms with Gasteiger partial charge in [-0.25, -0.2) is 4.98 Å². The molecule has 2 atom stereocenters. The van der Waals surface area contributed by atoms with Gasteiger partial charge in [0, 0.05) is 39.5 Å². The van der Waals surface area contributed by atoms with E-state index < -0.39 is 0 Å². The molecule has 1 aromatic rings. The van der Waals surface area contributed by atoms with Crippen LogP contribution >= 0.6 is 0 Å². The lowest BCUT2D eigenvalue weighted by Gasteiger charge is -2.18. The summed E-state index contributed by atoms with van der Waals surface area (Å²) in [4.78, 5) is 6.98. The summed E-state index contributed by atoms with van der Waals surface area (Å²) in [7, 11) is 3.47. The van der Waals surface area contributed by atoms with E-state index >= 15 is 0 Å². The van der Waals surface area contributed by atoms with Crippen molar-refractivity contribution in [2.75, 3.05) is 38.8 Å². The number of anilines is 1. The fourth-order valence-electron chi connectivity index (χ4n) is 2.72. The Morgan fingerprint density at radius 2 is 1.90 bits per heavy atom. The predicted molar refractivity (Wildman–Crippen MR) is 84.8 cm³/mol. The van der Waals surface area contributed by atoms with Gasteiger partial charge in [0.05, 0.1) is 0 Å². The lowest BCUT2D eigenvalue weighted by molar-refractivity contribution is -0.00461. The van der Waals surface area contributed by atoms with Gasteiger partial charge in [-0.3, -0.25) is 0 Å². The van der Waals surface area contributed by atoms with Crippen molar-refractivity contribution in [1.29, 1.82) is 0 Å². The van der Waals surface area contributed by atoms with Crippen LogP contribution in [0.2, 0.25) is 0 Å². The minimum atomic E-state index is 0.114. The van der Waals surface area contributed by atoms with Gasteiger partial charge in [-0.2, -0.15) is 0 Å². The van der Waals surface area contributed by atoms with Crippen LogP contribution in [0.3, 0.4) is 0 Å². The SMILES string of the molecule is CCCNCc1ccc(N2CC(OC)C(OC)C2)nc1C. The molecule has 5 heteroatoms. The second kappa shape index (κ2) is 7.73. The number of aromatic nitrogens is 1. The molecule has 1 N–H and O–H groups in total. The second-order valence-electron chi connectivity index (χ2n) is 5.54. The highest BCUT2D eigenvalue weighted by Crippen LogP contribution is 2.23. The van der Waals surface area contributed by atoms with Crippen LogP contribution in [0, 0.1) is 6.92 Å². The molecule has 2 rings (SSSR count). The summed E-state index contributed by atoms with van der Waals surface area (Å²) in [6, 6.07) is 4.27. The highest BCUT2D eigenvalue weighted by atomic mass is 16.5. The van der Waals surface area contributed by atoms with Gasteiger partial charge < -0.3 is 19.7 Å². The zero-order chi connectivity index (χ0) is 15.2. The van der Waals surface area contributed by atoms with E-state index in [1.165, 1.54) is 5.56 Å². The number of ether oxygens (including phenoxy) is 2. The standard InChI is InChI=1S/C16H27N3O2/c1-5-8-17-9-13-6-7-16(18-12(13)2)19-10-14(20-3)15(11-19)21-4/h6-7,14-15,17H,5,8-11H2,1-4H3. The molecule has 5 nitrogen and oxygen atoms in total. The summed E-state index contributed by atoms with van der Waals surface area (Å²) < 4.78 is 11.0. The van der Waals surface area contributed by atoms with Crippen LogP contribution in [-0.2, 0) is 16.0 Å². The molecule has 1 aliphatic heterocycles. The van der Waals surface area contributed by atoms with Gasteiger partial charge in [-0.1, -0.05) is 13.0 Å². The minimum absolute atomic E-state index is 0.114. The maximum absolute atomic E-state index is 5.48. The van der Waals surface area contributed by atoms with Gasteiger partial charge in [-0.15, -0.1) is 0 Å². The van der Waals surface area contributed by atoms with Gasteiger partial charge >= 0.3 is 0 Å². The van der Waals surface area contributed by atoms with Crippen molar-refractivity contribution in [2.45, 2.75) is 39.0 Å². The van der Waals surface area contributed by atoms with Crippen LogP contribution < -0.4 is 10.2 Å². The topological polar surface area (TPSA) is 46.6 Å². The van der Waals surface area contributed by atoms with Gasteiger partial charge in [0.2, 0.25) is 0 Å². The molecular formula is C16H27N3O2. The van der Waals surface area contributed by atoms with Crippen LogP contribution in [0.4, 0.5) is 5.82 Å². The van der Waals surface area contributed by atoms with Crippen molar-refractivity contribution in [1.82, 2.24) is 10.3 Å². The number of nitrogens with one attached hydrogen (secondary N) is 1. The molecule has 0 amide bonds. The first-order valence-electron chi connectivity index (χ1n) is 7.67. The number of aryl methyl sites for hydroxylation is 1. The largest absolute Gasteiger partial charge is 0.377 e. The fraction of sp³-hybridized carbons (Fsp3) is 0.688. The van der Waals surface area contributed by atoms with Crippen LogP contribution in [-0.4, -0.2) is 51.0 Å². The quantitative estimate of drug-likeness (QED) is 0.776. The molecule has 0 radical (unpaired) electrons. The second-order valence-corrected chi connectivity index (χ2v) is 5.54. The zero-order valence-electron chi connectivity index (χ0n) is 13.6. The van der Waals surface area contributed by atoms with Crippen molar-refractivity contribution in [2.24, 2.45) is 0 Å². The molecule has 118 valence electrons. The van der Waals surface area contributed by atoms with E-state index in [-0.39, 0.29) is 12.2 Å². The molecule has 0 bridgehead atoms.